The van der Waals surface area contributed by atoms with Crippen molar-refractivity contribution in [2.75, 3.05) is 6.61 Å². The highest BCUT2D eigenvalue weighted by Gasteiger charge is 2.32. The maximum Gasteiger partial charge on any atom is 0.416 e. The molecule has 200 valence electrons. The molecule has 10 heteroatoms. The van der Waals surface area contributed by atoms with Crippen LogP contribution in [0, 0.1) is 12.7 Å². The van der Waals surface area contributed by atoms with Crippen molar-refractivity contribution in [3.8, 4) is 23.0 Å². The Bertz CT molecular complexity index is 1460. The average Bonchev–Trinajstić information content (AvgIpc) is 3.12. The topological polar surface area (TPSA) is 69.9 Å². The summed E-state index contributed by atoms with van der Waals surface area (Å²) in [6.07, 6.45) is -5.76. The second-order valence-corrected chi connectivity index (χ2v) is 8.59. The van der Waals surface area contributed by atoms with E-state index in [9.17, 15) is 22.4 Å². The van der Waals surface area contributed by atoms with Gasteiger partial charge in [-0.3, -0.25) is 0 Å². The smallest absolute Gasteiger partial charge is 0.416 e. The molecule has 0 fully saturated rings. The zero-order chi connectivity index (χ0) is 27.6. The van der Waals surface area contributed by atoms with E-state index < -0.39 is 29.6 Å². The largest absolute Gasteiger partial charge is 0.494 e. The average molecular weight is 532 g/mol. The van der Waals surface area contributed by atoms with Crippen LogP contribution < -0.4 is 14.2 Å². The summed E-state index contributed by atoms with van der Waals surface area (Å²) in [6.45, 7) is 5.20. The van der Waals surface area contributed by atoms with Crippen LogP contribution in [0.3, 0.4) is 0 Å². The minimum Gasteiger partial charge on any atom is -0.494 e. The van der Waals surface area contributed by atoms with Crippen LogP contribution in [0.4, 0.5) is 17.6 Å². The van der Waals surface area contributed by atoms with Gasteiger partial charge in [-0.25, -0.2) is 9.18 Å². The van der Waals surface area contributed by atoms with Crippen LogP contribution in [0.1, 0.15) is 30.7 Å². The van der Waals surface area contributed by atoms with Gasteiger partial charge in [-0.05, 0) is 81.4 Å². The summed E-state index contributed by atoms with van der Waals surface area (Å²) in [5, 5.41) is 9.51. The summed E-state index contributed by atoms with van der Waals surface area (Å²) in [4.78, 5) is 11.1. The number of aromatic nitrogens is 1. The standard InChI is InChI=1S/C28H25F4NO5/c1-4-36-20-6-8-21(9-7-20)38-26-16(2)33(25-14-19(28(30,31)32)5-11-23(25)26)15-18-13-22(10-12-24(18)29)37-17(3)27(34)35/h5-14,17H,4,15H2,1-3H3,(H,34,35)/t17-/m1/s1. The number of nitrogens with zero attached hydrogens (tertiary/aromatic N) is 1. The number of carboxylic acids is 1. The SMILES string of the molecule is CCOc1ccc(Oc2c(C)n(Cc3cc(O[C@H](C)C(=O)O)ccc3F)c3cc(C(F)(F)F)ccc23)cc1. The van der Waals surface area contributed by atoms with Crippen LogP contribution in [-0.2, 0) is 17.5 Å². The molecule has 0 saturated carbocycles. The molecule has 6 nitrogen and oxygen atoms in total. The lowest BCUT2D eigenvalue weighted by Crippen LogP contribution is -2.23. The Hall–Kier alpha value is -4.21. The van der Waals surface area contributed by atoms with E-state index in [-0.39, 0.29) is 23.4 Å². The number of carboxylic acid groups (broad SMARTS) is 1. The van der Waals surface area contributed by atoms with Gasteiger partial charge < -0.3 is 23.9 Å². The first-order valence-corrected chi connectivity index (χ1v) is 11.8. The monoisotopic (exact) mass is 531 g/mol. The Balaban J connectivity index is 1.78. The maximum absolute atomic E-state index is 14.8. The van der Waals surface area contributed by atoms with Crippen molar-refractivity contribution in [2.24, 2.45) is 0 Å². The van der Waals surface area contributed by atoms with Gasteiger partial charge in [0.05, 0.1) is 29.9 Å². The van der Waals surface area contributed by atoms with Crippen LogP contribution >= 0.6 is 0 Å². The molecule has 0 aliphatic heterocycles. The van der Waals surface area contributed by atoms with E-state index in [2.05, 4.69) is 0 Å². The van der Waals surface area contributed by atoms with Gasteiger partial charge in [-0.2, -0.15) is 13.2 Å². The highest BCUT2D eigenvalue weighted by atomic mass is 19.4. The van der Waals surface area contributed by atoms with Crippen molar-refractivity contribution in [1.82, 2.24) is 4.57 Å². The van der Waals surface area contributed by atoms with Crippen molar-refractivity contribution in [1.29, 1.82) is 0 Å². The van der Waals surface area contributed by atoms with Crippen LogP contribution in [0.2, 0.25) is 0 Å². The number of hydrogen-bond acceptors (Lipinski definition) is 4. The first kappa shape index (κ1) is 26.8. The third kappa shape index (κ3) is 5.69. The van der Waals surface area contributed by atoms with Gasteiger partial charge in [0.1, 0.15) is 23.1 Å². The minimum absolute atomic E-state index is 0.102. The Kier molecular flexibility index (Phi) is 7.52. The number of hydrogen-bond donors (Lipinski definition) is 1. The predicted molar refractivity (Wildman–Crippen MR) is 133 cm³/mol. The molecule has 0 spiro atoms. The van der Waals surface area contributed by atoms with E-state index in [0.717, 1.165) is 18.2 Å². The fourth-order valence-corrected chi connectivity index (χ4v) is 4.01. The summed E-state index contributed by atoms with van der Waals surface area (Å²) < 4.78 is 73.9. The molecule has 4 aromatic rings. The van der Waals surface area contributed by atoms with Gasteiger partial charge >= 0.3 is 12.1 Å². The van der Waals surface area contributed by atoms with Gasteiger partial charge in [-0.15, -0.1) is 0 Å². The van der Waals surface area contributed by atoms with Crippen LogP contribution in [0.25, 0.3) is 10.9 Å². The van der Waals surface area contributed by atoms with Gasteiger partial charge in [-0.1, -0.05) is 0 Å². The molecule has 1 aromatic heterocycles. The number of alkyl halides is 3. The van der Waals surface area contributed by atoms with Crippen molar-refractivity contribution < 1.29 is 41.7 Å². The molecule has 0 aliphatic carbocycles. The van der Waals surface area contributed by atoms with Crippen molar-refractivity contribution in [3.63, 3.8) is 0 Å². The Morgan fingerprint density at radius 3 is 2.29 bits per heavy atom. The highest BCUT2D eigenvalue weighted by Crippen LogP contribution is 2.40. The summed E-state index contributed by atoms with van der Waals surface area (Å²) >= 11 is 0. The Morgan fingerprint density at radius 2 is 1.66 bits per heavy atom. The lowest BCUT2D eigenvalue weighted by Gasteiger charge is -2.14. The quantitative estimate of drug-likeness (QED) is 0.231. The van der Waals surface area contributed by atoms with Crippen molar-refractivity contribution in [2.45, 2.75) is 39.6 Å². The molecular formula is C28H25F4NO5. The van der Waals surface area contributed by atoms with Gasteiger partial charge in [0.15, 0.2) is 11.9 Å². The molecule has 0 unspecified atom stereocenters. The van der Waals surface area contributed by atoms with Crippen LogP contribution in [0.5, 0.6) is 23.0 Å². The zero-order valence-corrected chi connectivity index (χ0v) is 20.8. The summed E-state index contributed by atoms with van der Waals surface area (Å²) in [5.41, 5.74) is -0.0879. The van der Waals surface area contributed by atoms with Gasteiger partial charge in [0, 0.05) is 10.9 Å². The number of benzene rings is 3. The molecule has 1 atom stereocenters. The van der Waals surface area contributed by atoms with Gasteiger partial charge in [0.2, 0.25) is 0 Å². The number of carbonyl (C=O) groups is 1. The summed E-state index contributed by atoms with van der Waals surface area (Å²) in [7, 11) is 0. The maximum atomic E-state index is 14.8. The first-order chi connectivity index (χ1) is 18.0. The first-order valence-electron chi connectivity index (χ1n) is 11.8. The second-order valence-electron chi connectivity index (χ2n) is 8.59. The normalized spacial score (nSPS) is 12.4. The van der Waals surface area contributed by atoms with E-state index in [1.165, 1.54) is 29.7 Å². The number of halogens is 4. The molecule has 3 aromatic carbocycles. The number of ether oxygens (including phenoxy) is 3. The second kappa shape index (κ2) is 10.6. The number of rotatable bonds is 9. The number of fused-ring (bicyclic) bond motifs is 1. The fraction of sp³-hybridized carbons (Fsp3) is 0.250. The molecule has 1 N–H and O–H groups in total. The zero-order valence-electron chi connectivity index (χ0n) is 20.8. The van der Waals surface area contributed by atoms with E-state index in [1.54, 1.807) is 31.2 Å². The van der Waals surface area contributed by atoms with E-state index in [0.29, 0.717) is 34.9 Å². The molecule has 0 radical (unpaired) electrons. The molecule has 0 aliphatic rings. The lowest BCUT2D eigenvalue weighted by atomic mass is 10.1. The highest BCUT2D eigenvalue weighted by molar-refractivity contribution is 5.89. The molecule has 1 heterocycles. The Morgan fingerprint density at radius 1 is 1.00 bits per heavy atom. The van der Waals surface area contributed by atoms with Crippen molar-refractivity contribution >= 4 is 16.9 Å². The van der Waals surface area contributed by atoms with Crippen LogP contribution in [-0.4, -0.2) is 28.4 Å². The molecule has 38 heavy (non-hydrogen) atoms. The lowest BCUT2D eigenvalue weighted by molar-refractivity contribution is -0.144. The Labute approximate surface area is 216 Å². The van der Waals surface area contributed by atoms with Crippen LogP contribution in [0.15, 0.2) is 60.7 Å². The summed E-state index contributed by atoms with van der Waals surface area (Å²) in [5.74, 6) is -0.290. The molecule has 0 bridgehead atoms. The summed E-state index contributed by atoms with van der Waals surface area (Å²) in [6, 6.07) is 13.8. The molecule has 0 saturated heterocycles. The predicted octanol–water partition coefficient (Wildman–Crippen LogP) is 7.20. The van der Waals surface area contributed by atoms with E-state index in [4.69, 9.17) is 19.3 Å². The molecule has 0 amide bonds. The van der Waals surface area contributed by atoms with E-state index in [1.807, 2.05) is 6.92 Å². The van der Waals surface area contributed by atoms with Crippen molar-refractivity contribution in [3.05, 3.63) is 83.3 Å². The fourth-order valence-electron chi connectivity index (χ4n) is 4.01. The minimum atomic E-state index is -4.58. The number of aliphatic carboxylic acids is 1. The molecular weight excluding hydrogens is 506 g/mol. The van der Waals surface area contributed by atoms with E-state index >= 15 is 0 Å². The third-order valence-electron chi connectivity index (χ3n) is 5.95. The molecule has 4 rings (SSSR count). The van der Waals surface area contributed by atoms with Gasteiger partial charge in [0.25, 0.3) is 0 Å². The third-order valence-corrected chi connectivity index (χ3v) is 5.95.